The maximum atomic E-state index is 5.82. The number of rotatable bonds is 6. The lowest BCUT2D eigenvalue weighted by molar-refractivity contribution is 0.479. The van der Waals surface area contributed by atoms with Gasteiger partial charge >= 0.3 is 0 Å². The molecule has 0 aliphatic carbocycles. The molecule has 284 valence electrons. The molecule has 0 fully saturated rings. The van der Waals surface area contributed by atoms with E-state index in [1.165, 1.54) is 65.7 Å². The summed E-state index contributed by atoms with van der Waals surface area (Å²) in [7, 11) is 0. The highest BCUT2D eigenvalue weighted by Crippen LogP contribution is 2.40. The van der Waals surface area contributed by atoms with Gasteiger partial charge in [0.25, 0.3) is 0 Å². The fraction of sp³-hybridized carbons (Fsp3) is 0.0351. The highest BCUT2D eigenvalue weighted by molar-refractivity contribution is 6.25. The SMILES string of the molecule is C=C1/C=C\C=C/Oc2ccc(-c3ccc(-c4ccc(C5NC(c6ccc(-c7ccc8c9ccccc9c9ccccc9c8c7)cc6)=NC5c5ccccc5)cc4)cc3)cc21. The molecule has 0 amide bonds. The molecule has 9 aromatic carbocycles. The van der Waals surface area contributed by atoms with Gasteiger partial charge in [-0.25, -0.2) is 0 Å². The molecular formula is C57H40N2O. The largest absolute Gasteiger partial charge is 0.464 e. The summed E-state index contributed by atoms with van der Waals surface area (Å²) in [6, 6.07) is 67.8. The van der Waals surface area contributed by atoms with Crippen molar-refractivity contribution in [2.24, 2.45) is 4.99 Å². The first-order valence-electron chi connectivity index (χ1n) is 20.5. The molecule has 0 spiro atoms. The average Bonchev–Trinajstić information content (AvgIpc) is 3.77. The van der Waals surface area contributed by atoms with Crippen molar-refractivity contribution in [1.82, 2.24) is 5.32 Å². The molecule has 60 heavy (non-hydrogen) atoms. The lowest BCUT2D eigenvalue weighted by Crippen LogP contribution is -2.25. The quantitative estimate of drug-likeness (QED) is 0.171. The summed E-state index contributed by atoms with van der Waals surface area (Å²) in [4.78, 5) is 5.34. The molecule has 0 saturated heterocycles. The molecule has 0 bridgehead atoms. The number of allylic oxidation sites excluding steroid dienone is 4. The fourth-order valence-corrected chi connectivity index (χ4v) is 8.95. The van der Waals surface area contributed by atoms with Crippen LogP contribution in [0.3, 0.4) is 0 Å². The maximum Gasteiger partial charge on any atom is 0.134 e. The highest BCUT2D eigenvalue weighted by Gasteiger charge is 2.32. The predicted octanol–water partition coefficient (Wildman–Crippen LogP) is 14.5. The van der Waals surface area contributed by atoms with E-state index in [9.17, 15) is 0 Å². The third-order valence-corrected chi connectivity index (χ3v) is 12.1. The summed E-state index contributed by atoms with van der Waals surface area (Å²) >= 11 is 0. The monoisotopic (exact) mass is 768 g/mol. The number of benzene rings is 9. The number of nitrogens with zero attached hydrogens (tertiary/aromatic N) is 1. The van der Waals surface area contributed by atoms with Gasteiger partial charge in [-0.15, -0.1) is 0 Å². The molecule has 2 aliphatic heterocycles. The van der Waals surface area contributed by atoms with Crippen molar-refractivity contribution in [3.8, 4) is 39.1 Å². The van der Waals surface area contributed by atoms with Crippen molar-refractivity contribution in [1.29, 1.82) is 0 Å². The first-order valence-corrected chi connectivity index (χ1v) is 20.5. The predicted molar refractivity (Wildman–Crippen MR) is 251 cm³/mol. The molecule has 2 heterocycles. The molecule has 0 saturated carbocycles. The van der Waals surface area contributed by atoms with Crippen LogP contribution in [0.5, 0.6) is 5.75 Å². The van der Waals surface area contributed by atoms with Crippen molar-refractivity contribution in [3.63, 3.8) is 0 Å². The van der Waals surface area contributed by atoms with E-state index in [2.05, 4.69) is 194 Å². The van der Waals surface area contributed by atoms with E-state index in [0.29, 0.717) is 0 Å². The molecule has 1 N–H and O–H groups in total. The van der Waals surface area contributed by atoms with Crippen molar-refractivity contribution in [3.05, 3.63) is 241 Å². The molecule has 2 aliphatic rings. The van der Waals surface area contributed by atoms with Crippen molar-refractivity contribution < 1.29 is 4.74 Å². The molecule has 0 aromatic heterocycles. The summed E-state index contributed by atoms with van der Waals surface area (Å²) in [6.45, 7) is 4.24. The Balaban J connectivity index is 0.855. The number of nitrogens with one attached hydrogen (secondary N) is 1. The fourth-order valence-electron chi connectivity index (χ4n) is 8.95. The molecule has 9 aromatic rings. The van der Waals surface area contributed by atoms with E-state index in [-0.39, 0.29) is 12.1 Å². The third-order valence-electron chi connectivity index (χ3n) is 12.1. The Kier molecular flexibility index (Phi) is 8.78. The van der Waals surface area contributed by atoms with Gasteiger partial charge in [0.15, 0.2) is 0 Å². The van der Waals surface area contributed by atoms with E-state index in [0.717, 1.165) is 39.4 Å². The normalized spacial score (nSPS) is 17.0. The highest BCUT2D eigenvalue weighted by atomic mass is 16.5. The topological polar surface area (TPSA) is 33.6 Å². The Morgan fingerprint density at radius 1 is 0.433 bits per heavy atom. The Bertz CT molecular complexity index is 3160. The number of fused-ring (bicyclic) bond motifs is 7. The van der Waals surface area contributed by atoms with Crippen LogP contribution >= 0.6 is 0 Å². The van der Waals surface area contributed by atoms with Crippen molar-refractivity contribution in [2.45, 2.75) is 12.1 Å². The zero-order valence-corrected chi connectivity index (χ0v) is 32.9. The number of amidine groups is 1. The second-order valence-electron chi connectivity index (χ2n) is 15.6. The molecule has 3 heteroatoms. The zero-order valence-electron chi connectivity index (χ0n) is 32.9. The van der Waals surface area contributed by atoms with E-state index in [1.54, 1.807) is 6.26 Å². The van der Waals surface area contributed by atoms with Crippen LogP contribution in [-0.4, -0.2) is 5.84 Å². The van der Waals surface area contributed by atoms with Gasteiger partial charge < -0.3 is 10.1 Å². The van der Waals surface area contributed by atoms with E-state index >= 15 is 0 Å². The summed E-state index contributed by atoms with van der Waals surface area (Å²) in [5.41, 5.74) is 12.4. The van der Waals surface area contributed by atoms with E-state index in [1.807, 2.05) is 24.3 Å². The van der Waals surface area contributed by atoms with Crippen molar-refractivity contribution in [2.75, 3.05) is 0 Å². The molecule has 2 unspecified atom stereocenters. The zero-order chi connectivity index (χ0) is 40.0. The summed E-state index contributed by atoms with van der Waals surface area (Å²) in [5.74, 6) is 1.72. The smallest absolute Gasteiger partial charge is 0.134 e. The van der Waals surface area contributed by atoms with Crippen molar-refractivity contribution >= 4 is 43.7 Å². The Labute approximate surface area is 350 Å². The number of ether oxygens (including phenoxy) is 1. The number of hydrogen-bond donors (Lipinski definition) is 1. The van der Waals surface area contributed by atoms with Gasteiger partial charge in [0.1, 0.15) is 17.6 Å². The molecule has 11 rings (SSSR count). The second-order valence-corrected chi connectivity index (χ2v) is 15.6. The van der Waals surface area contributed by atoms with Gasteiger partial charge in [-0.3, -0.25) is 4.99 Å². The lowest BCUT2D eigenvalue weighted by atomic mass is 9.92. The van der Waals surface area contributed by atoms with Crippen LogP contribution in [0.1, 0.15) is 34.3 Å². The van der Waals surface area contributed by atoms with Crippen LogP contribution in [-0.2, 0) is 0 Å². The number of hydrogen-bond acceptors (Lipinski definition) is 3. The van der Waals surface area contributed by atoms with Crippen LogP contribution in [0.2, 0.25) is 0 Å². The molecule has 2 atom stereocenters. The second kappa shape index (κ2) is 14.9. The van der Waals surface area contributed by atoms with Gasteiger partial charge in [-0.1, -0.05) is 189 Å². The van der Waals surface area contributed by atoms with Gasteiger partial charge in [0, 0.05) is 11.1 Å². The summed E-state index contributed by atoms with van der Waals surface area (Å²) in [5, 5.41) is 11.5. The van der Waals surface area contributed by atoms with Crippen LogP contribution in [0.25, 0.3) is 71.3 Å². The van der Waals surface area contributed by atoms with Crippen LogP contribution in [0, 0.1) is 0 Å². The van der Waals surface area contributed by atoms with Gasteiger partial charge in [-0.2, -0.15) is 0 Å². The molecule has 0 radical (unpaired) electrons. The maximum absolute atomic E-state index is 5.82. The van der Waals surface area contributed by atoms with Gasteiger partial charge in [-0.05, 0) is 107 Å². The average molecular weight is 769 g/mol. The molecule has 3 nitrogen and oxygen atoms in total. The Hall–Kier alpha value is -7.75. The molecular weight excluding hydrogens is 729 g/mol. The Morgan fingerprint density at radius 3 is 1.58 bits per heavy atom. The number of aliphatic imine (C=N–C) groups is 1. The summed E-state index contributed by atoms with van der Waals surface area (Å²) in [6.07, 6.45) is 7.53. The summed E-state index contributed by atoms with van der Waals surface area (Å²) < 4.78 is 5.82. The van der Waals surface area contributed by atoms with Gasteiger partial charge in [0.2, 0.25) is 0 Å². The van der Waals surface area contributed by atoms with Crippen LogP contribution < -0.4 is 10.1 Å². The van der Waals surface area contributed by atoms with E-state index < -0.39 is 0 Å². The minimum atomic E-state index is -0.0621. The first kappa shape index (κ1) is 35.4. The minimum absolute atomic E-state index is 0.0105. The van der Waals surface area contributed by atoms with Crippen LogP contribution in [0.15, 0.2) is 224 Å². The van der Waals surface area contributed by atoms with E-state index in [4.69, 9.17) is 9.73 Å². The van der Waals surface area contributed by atoms with Gasteiger partial charge in [0.05, 0.1) is 12.3 Å². The first-order chi connectivity index (χ1) is 29.6. The van der Waals surface area contributed by atoms with Crippen LogP contribution in [0.4, 0.5) is 0 Å². The Morgan fingerprint density at radius 2 is 0.933 bits per heavy atom. The third kappa shape index (κ3) is 6.38. The standard InChI is InChI=1S/C57H40N2O/c1-37-11-9-10-34-60-54-33-31-46(35-52(37)54)40-20-18-38(19-21-40)39-22-26-43(27-23-39)56-55(42-12-3-2-4-13-42)58-57(59-56)44-28-24-41(25-29-44)45-30-32-51-49-16-6-5-14-47(49)48-15-7-8-17-50(48)53(51)36-45/h2-36,55-56H,1H2,(H,58,59)/b11-9-,34-10-. The lowest BCUT2D eigenvalue weighted by Gasteiger charge is -2.20. The minimum Gasteiger partial charge on any atom is -0.464 e.